The topological polar surface area (TPSA) is 69.1 Å². The average molecular weight is 316 g/mol. The molecule has 2 aromatic carbocycles. The smallest absolute Gasteiger partial charge is 0.257 e. The summed E-state index contributed by atoms with van der Waals surface area (Å²) in [7, 11) is 0. The van der Waals surface area contributed by atoms with Gasteiger partial charge in [0.15, 0.2) is 0 Å². The second-order valence-corrected chi connectivity index (χ2v) is 6.01. The second-order valence-electron chi connectivity index (χ2n) is 6.01. The second kappa shape index (κ2) is 5.74. The SMILES string of the molecule is NC(=O)C1(c2ccc(-c3ccc([C@H](N)C(F)F)cc3)cc2)CC1. The summed E-state index contributed by atoms with van der Waals surface area (Å²) in [6.45, 7) is 0. The fourth-order valence-electron chi connectivity index (χ4n) is 2.83. The average Bonchev–Trinajstić information content (AvgIpc) is 3.36. The summed E-state index contributed by atoms with van der Waals surface area (Å²) in [5.41, 5.74) is 13.6. The molecule has 1 aliphatic carbocycles. The van der Waals surface area contributed by atoms with Gasteiger partial charge in [-0.05, 0) is 35.1 Å². The summed E-state index contributed by atoms with van der Waals surface area (Å²) in [6, 6.07) is 13.2. The number of alkyl halides is 2. The number of amides is 1. The Balaban J connectivity index is 1.81. The van der Waals surface area contributed by atoms with Crippen molar-refractivity contribution in [2.45, 2.75) is 30.7 Å². The fourth-order valence-corrected chi connectivity index (χ4v) is 2.83. The molecular weight excluding hydrogens is 298 g/mol. The van der Waals surface area contributed by atoms with Crippen molar-refractivity contribution in [1.82, 2.24) is 0 Å². The van der Waals surface area contributed by atoms with E-state index in [1.807, 2.05) is 24.3 Å². The van der Waals surface area contributed by atoms with Crippen LogP contribution in [-0.4, -0.2) is 12.3 Å². The Morgan fingerprint density at radius 3 is 1.83 bits per heavy atom. The van der Waals surface area contributed by atoms with Gasteiger partial charge in [-0.15, -0.1) is 0 Å². The van der Waals surface area contributed by atoms with E-state index in [4.69, 9.17) is 11.5 Å². The van der Waals surface area contributed by atoms with Gasteiger partial charge >= 0.3 is 0 Å². The first-order valence-corrected chi connectivity index (χ1v) is 7.48. The van der Waals surface area contributed by atoms with Crippen LogP contribution in [0.3, 0.4) is 0 Å². The maximum atomic E-state index is 12.6. The van der Waals surface area contributed by atoms with Crippen LogP contribution >= 0.6 is 0 Å². The quantitative estimate of drug-likeness (QED) is 0.890. The van der Waals surface area contributed by atoms with Crippen LogP contribution in [0.2, 0.25) is 0 Å². The molecule has 23 heavy (non-hydrogen) atoms. The zero-order valence-electron chi connectivity index (χ0n) is 12.5. The monoisotopic (exact) mass is 316 g/mol. The van der Waals surface area contributed by atoms with Gasteiger partial charge in [-0.3, -0.25) is 4.79 Å². The number of benzene rings is 2. The van der Waals surface area contributed by atoms with Gasteiger partial charge in [0.2, 0.25) is 5.91 Å². The number of primary amides is 1. The molecule has 1 saturated carbocycles. The van der Waals surface area contributed by atoms with E-state index in [9.17, 15) is 13.6 Å². The minimum Gasteiger partial charge on any atom is -0.369 e. The van der Waals surface area contributed by atoms with Crippen molar-refractivity contribution in [3.8, 4) is 11.1 Å². The molecule has 0 unspecified atom stereocenters. The maximum Gasteiger partial charge on any atom is 0.257 e. The minimum absolute atomic E-state index is 0.282. The highest BCUT2D eigenvalue weighted by Gasteiger charge is 2.49. The molecule has 3 nitrogen and oxygen atoms in total. The predicted molar refractivity (Wildman–Crippen MR) is 84.9 cm³/mol. The third kappa shape index (κ3) is 2.84. The molecule has 3 rings (SSSR count). The van der Waals surface area contributed by atoms with E-state index < -0.39 is 17.9 Å². The molecule has 1 aliphatic rings. The molecule has 0 bridgehead atoms. The van der Waals surface area contributed by atoms with Gasteiger partial charge < -0.3 is 11.5 Å². The van der Waals surface area contributed by atoms with E-state index in [1.165, 1.54) is 0 Å². The van der Waals surface area contributed by atoms with Crippen LogP contribution in [0.25, 0.3) is 11.1 Å². The highest BCUT2D eigenvalue weighted by atomic mass is 19.3. The van der Waals surface area contributed by atoms with E-state index in [0.29, 0.717) is 5.56 Å². The van der Waals surface area contributed by atoms with Crippen molar-refractivity contribution >= 4 is 5.91 Å². The van der Waals surface area contributed by atoms with Crippen LogP contribution in [0.15, 0.2) is 48.5 Å². The van der Waals surface area contributed by atoms with Crippen LogP contribution in [0.5, 0.6) is 0 Å². The molecule has 0 saturated heterocycles. The largest absolute Gasteiger partial charge is 0.369 e. The summed E-state index contributed by atoms with van der Waals surface area (Å²) in [4.78, 5) is 11.5. The van der Waals surface area contributed by atoms with Crippen LogP contribution in [0, 0.1) is 0 Å². The van der Waals surface area contributed by atoms with Crippen molar-refractivity contribution in [3.05, 3.63) is 59.7 Å². The van der Waals surface area contributed by atoms with Gasteiger partial charge in [0.25, 0.3) is 6.43 Å². The molecule has 4 N–H and O–H groups in total. The number of halogens is 2. The number of hydrogen-bond acceptors (Lipinski definition) is 2. The van der Waals surface area contributed by atoms with Crippen molar-refractivity contribution in [2.75, 3.05) is 0 Å². The Morgan fingerprint density at radius 2 is 1.43 bits per heavy atom. The number of carbonyl (C=O) groups excluding carboxylic acids is 1. The van der Waals surface area contributed by atoms with E-state index >= 15 is 0 Å². The van der Waals surface area contributed by atoms with Crippen LogP contribution in [-0.2, 0) is 10.2 Å². The van der Waals surface area contributed by atoms with Crippen LogP contribution in [0.1, 0.15) is 30.0 Å². The summed E-state index contributed by atoms with van der Waals surface area (Å²) >= 11 is 0. The molecule has 0 aliphatic heterocycles. The van der Waals surface area contributed by atoms with E-state index in [0.717, 1.165) is 29.5 Å². The highest BCUT2D eigenvalue weighted by Crippen LogP contribution is 2.48. The molecule has 1 atom stereocenters. The van der Waals surface area contributed by atoms with Gasteiger partial charge in [-0.2, -0.15) is 0 Å². The lowest BCUT2D eigenvalue weighted by atomic mass is 9.93. The number of rotatable bonds is 5. The maximum absolute atomic E-state index is 12.6. The lowest BCUT2D eigenvalue weighted by Crippen LogP contribution is -2.28. The number of carbonyl (C=O) groups is 1. The zero-order valence-corrected chi connectivity index (χ0v) is 12.5. The van der Waals surface area contributed by atoms with Gasteiger partial charge in [0, 0.05) is 0 Å². The molecule has 0 spiro atoms. The molecule has 1 amide bonds. The van der Waals surface area contributed by atoms with Crippen molar-refractivity contribution in [3.63, 3.8) is 0 Å². The van der Waals surface area contributed by atoms with E-state index in [2.05, 4.69) is 0 Å². The molecule has 0 radical (unpaired) electrons. The molecule has 1 fully saturated rings. The fraction of sp³-hybridized carbons (Fsp3) is 0.278. The van der Waals surface area contributed by atoms with Gasteiger partial charge in [0.1, 0.15) is 0 Å². The molecular formula is C18H18F2N2O. The lowest BCUT2D eigenvalue weighted by molar-refractivity contribution is -0.120. The lowest BCUT2D eigenvalue weighted by Gasteiger charge is -2.13. The molecule has 120 valence electrons. The predicted octanol–water partition coefficient (Wildman–Crippen LogP) is 3.14. The molecule has 5 heteroatoms. The van der Waals surface area contributed by atoms with Crippen LogP contribution < -0.4 is 11.5 Å². The molecule has 0 heterocycles. The molecule has 2 aromatic rings. The normalized spacial score (nSPS) is 17.0. The van der Waals surface area contributed by atoms with Crippen LogP contribution in [0.4, 0.5) is 8.78 Å². The van der Waals surface area contributed by atoms with E-state index in [1.54, 1.807) is 24.3 Å². The van der Waals surface area contributed by atoms with Gasteiger partial charge in [-0.1, -0.05) is 48.5 Å². The third-order valence-corrected chi connectivity index (χ3v) is 4.56. The molecule has 0 aromatic heterocycles. The number of nitrogens with two attached hydrogens (primary N) is 2. The van der Waals surface area contributed by atoms with Crippen molar-refractivity contribution < 1.29 is 13.6 Å². The third-order valence-electron chi connectivity index (χ3n) is 4.56. The first kappa shape index (κ1) is 15.6. The van der Waals surface area contributed by atoms with E-state index in [-0.39, 0.29) is 5.91 Å². The summed E-state index contributed by atoms with van der Waals surface area (Å²) in [5, 5.41) is 0. The first-order valence-electron chi connectivity index (χ1n) is 7.48. The Kier molecular flexibility index (Phi) is 3.90. The summed E-state index contributed by atoms with van der Waals surface area (Å²) in [6.07, 6.45) is -0.993. The van der Waals surface area contributed by atoms with Gasteiger partial charge in [-0.25, -0.2) is 8.78 Å². The summed E-state index contributed by atoms with van der Waals surface area (Å²) in [5.74, 6) is -0.282. The Bertz CT molecular complexity index is 707. The summed E-state index contributed by atoms with van der Waals surface area (Å²) < 4.78 is 25.2. The van der Waals surface area contributed by atoms with Crippen molar-refractivity contribution in [1.29, 1.82) is 0 Å². The van der Waals surface area contributed by atoms with Gasteiger partial charge in [0.05, 0.1) is 11.5 Å². The highest BCUT2D eigenvalue weighted by molar-refractivity contribution is 5.90. The van der Waals surface area contributed by atoms with Crippen molar-refractivity contribution in [2.24, 2.45) is 11.5 Å². The number of hydrogen-bond donors (Lipinski definition) is 2. The Morgan fingerprint density at radius 1 is 0.957 bits per heavy atom. The Labute approximate surface area is 133 Å². The minimum atomic E-state index is -2.58. The Hall–Kier alpha value is -2.27. The standard InChI is InChI=1S/C18H18F2N2O/c19-16(20)15(21)13-3-1-11(2-4-13)12-5-7-14(8-6-12)18(9-10-18)17(22)23/h1-8,15-16H,9-10,21H2,(H2,22,23)/t15-/m0/s1. The first-order chi connectivity index (χ1) is 10.9. The zero-order chi connectivity index (χ0) is 16.6.